The van der Waals surface area contributed by atoms with Crippen LogP contribution in [-0.2, 0) is 6.42 Å². The Balaban J connectivity index is 1.73. The molecule has 1 aromatic carbocycles. The largest absolute Gasteiger partial charge is 0.481 e. The van der Waals surface area contributed by atoms with Gasteiger partial charge in [-0.1, -0.05) is 0 Å². The standard InChI is InChI=1S/C17H22F3N3O/c1-10-16(21)23-14-9-12-11(8-15(14)24-10)4-2-5-13(12)22-7-3-6-17(18,19)20/h8-10,13,22H,2-7H2,1H3,(H2,21,23)/t10-,13-/m1/s1. The molecule has 24 heavy (non-hydrogen) atoms. The summed E-state index contributed by atoms with van der Waals surface area (Å²) in [7, 11) is 0. The van der Waals surface area contributed by atoms with Crippen molar-refractivity contribution in [2.75, 3.05) is 6.54 Å². The number of aryl methyl sites for hydroxylation is 1. The van der Waals surface area contributed by atoms with Crippen LogP contribution in [0.4, 0.5) is 18.9 Å². The number of fused-ring (bicyclic) bond motifs is 2. The van der Waals surface area contributed by atoms with E-state index in [1.807, 2.05) is 19.1 Å². The molecule has 7 heteroatoms. The minimum atomic E-state index is -4.09. The number of aliphatic imine (C=N–C) groups is 1. The van der Waals surface area contributed by atoms with Crippen molar-refractivity contribution in [2.45, 2.75) is 57.3 Å². The van der Waals surface area contributed by atoms with Gasteiger partial charge in [0.15, 0.2) is 6.10 Å². The summed E-state index contributed by atoms with van der Waals surface area (Å²) in [5.74, 6) is 1.17. The van der Waals surface area contributed by atoms with Crippen LogP contribution in [0.15, 0.2) is 17.1 Å². The second-order valence-electron chi connectivity index (χ2n) is 6.43. The third-order valence-electron chi connectivity index (χ3n) is 4.53. The summed E-state index contributed by atoms with van der Waals surface area (Å²) in [5.41, 5.74) is 8.82. The summed E-state index contributed by atoms with van der Waals surface area (Å²) >= 11 is 0. The van der Waals surface area contributed by atoms with Gasteiger partial charge in [-0.05, 0) is 62.4 Å². The molecule has 0 amide bonds. The van der Waals surface area contributed by atoms with E-state index in [0.717, 1.165) is 30.6 Å². The lowest BCUT2D eigenvalue weighted by atomic mass is 9.86. The fourth-order valence-electron chi connectivity index (χ4n) is 3.26. The van der Waals surface area contributed by atoms with Crippen molar-refractivity contribution in [2.24, 2.45) is 10.7 Å². The predicted octanol–water partition coefficient (Wildman–Crippen LogP) is 3.77. The third-order valence-corrected chi connectivity index (χ3v) is 4.53. The Kier molecular flexibility index (Phi) is 4.71. The Labute approximate surface area is 139 Å². The number of amidine groups is 1. The molecule has 132 valence electrons. The van der Waals surface area contributed by atoms with Crippen LogP contribution in [0.3, 0.4) is 0 Å². The molecule has 0 aromatic heterocycles. The Morgan fingerprint density at radius 1 is 1.38 bits per heavy atom. The molecule has 0 bridgehead atoms. The van der Waals surface area contributed by atoms with Crippen LogP contribution >= 0.6 is 0 Å². The Morgan fingerprint density at radius 2 is 2.17 bits per heavy atom. The molecule has 0 saturated heterocycles. The van der Waals surface area contributed by atoms with Crippen LogP contribution in [0.1, 0.15) is 49.8 Å². The van der Waals surface area contributed by atoms with Crippen LogP contribution in [0.25, 0.3) is 0 Å². The first-order valence-electron chi connectivity index (χ1n) is 8.31. The molecule has 0 radical (unpaired) electrons. The van der Waals surface area contributed by atoms with Crippen molar-refractivity contribution in [1.82, 2.24) is 5.32 Å². The molecule has 1 aliphatic carbocycles. The molecule has 0 fully saturated rings. The van der Waals surface area contributed by atoms with Gasteiger partial charge in [0.1, 0.15) is 17.3 Å². The van der Waals surface area contributed by atoms with Crippen LogP contribution in [0, 0.1) is 0 Å². The highest BCUT2D eigenvalue weighted by Crippen LogP contribution is 2.40. The van der Waals surface area contributed by atoms with Gasteiger partial charge in [-0.25, -0.2) is 4.99 Å². The van der Waals surface area contributed by atoms with E-state index in [0.29, 0.717) is 18.1 Å². The first-order chi connectivity index (χ1) is 11.3. The molecular formula is C17H22F3N3O. The number of nitrogens with one attached hydrogen (secondary N) is 1. The fraction of sp³-hybridized carbons (Fsp3) is 0.588. The topological polar surface area (TPSA) is 59.6 Å². The lowest BCUT2D eigenvalue weighted by molar-refractivity contribution is -0.135. The fourth-order valence-corrected chi connectivity index (χ4v) is 3.26. The van der Waals surface area contributed by atoms with E-state index in [-0.39, 0.29) is 18.6 Å². The number of ether oxygens (including phenoxy) is 1. The van der Waals surface area contributed by atoms with Gasteiger partial charge in [0.2, 0.25) is 0 Å². The first-order valence-corrected chi connectivity index (χ1v) is 8.31. The van der Waals surface area contributed by atoms with Crippen LogP contribution in [-0.4, -0.2) is 24.7 Å². The maximum absolute atomic E-state index is 12.2. The maximum atomic E-state index is 12.2. The van der Waals surface area contributed by atoms with E-state index < -0.39 is 12.6 Å². The van der Waals surface area contributed by atoms with Crippen molar-refractivity contribution in [3.63, 3.8) is 0 Å². The number of halogens is 3. The molecule has 3 rings (SSSR count). The molecule has 1 heterocycles. The zero-order chi connectivity index (χ0) is 17.3. The van der Waals surface area contributed by atoms with Crippen molar-refractivity contribution in [1.29, 1.82) is 0 Å². The van der Waals surface area contributed by atoms with Gasteiger partial charge in [0, 0.05) is 12.5 Å². The second kappa shape index (κ2) is 6.63. The van der Waals surface area contributed by atoms with Crippen molar-refractivity contribution < 1.29 is 17.9 Å². The Bertz CT molecular complexity index is 643. The third kappa shape index (κ3) is 3.83. The van der Waals surface area contributed by atoms with Gasteiger partial charge in [0.25, 0.3) is 0 Å². The molecule has 3 N–H and O–H groups in total. The minimum absolute atomic E-state index is 0.0584. The highest BCUT2D eigenvalue weighted by Gasteiger charge is 2.28. The number of hydrogen-bond donors (Lipinski definition) is 2. The maximum Gasteiger partial charge on any atom is 0.389 e. The average molecular weight is 341 g/mol. The van der Waals surface area contributed by atoms with E-state index in [1.54, 1.807) is 0 Å². The number of nitrogens with zero attached hydrogens (tertiary/aromatic N) is 1. The van der Waals surface area contributed by atoms with Crippen LogP contribution in [0.2, 0.25) is 0 Å². The SMILES string of the molecule is C[C@H]1Oc2cc3c(cc2N=C1N)[C@H](NCCCC(F)(F)F)CCC3. The molecule has 0 spiro atoms. The monoisotopic (exact) mass is 341 g/mol. The van der Waals surface area contributed by atoms with Gasteiger partial charge in [-0.3, -0.25) is 0 Å². The molecular weight excluding hydrogens is 319 g/mol. The van der Waals surface area contributed by atoms with E-state index in [4.69, 9.17) is 10.5 Å². The quantitative estimate of drug-likeness (QED) is 0.820. The van der Waals surface area contributed by atoms with Gasteiger partial charge >= 0.3 is 6.18 Å². The number of alkyl halides is 3. The minimum Gasteiger partial charge on any atom is -0.481 e. The van der Waals surface area contributed by atoms with E-state index in [1.165, 1.54) is 5.56 Å². The van der Waals surface area contributed by atoms with Crippen LogP contribution < -0.4 is 15.8 Å². The molecule has 2 aliphatic rings. The van der Waals surface area contributed by atoms with Gasteiger partial charge in [-0.15, -0.1) is 0 Å². The summed E-state index contributed by atoms with van der Waals surface area (Å²) in [6.07, 6.45) is -2.14. The first kappa shape index (κ1) is 17.1. The normalized spacial score (nSPS) is 23.1. The molecule has 1 aliphatic heterocycles. The molecule has 0 unspecified atom stereocenters. The lowest BCUT2D eigenvalue weighted by Crippen LogP contribution is -2.33. The highest BCUT2D eigenvalue weighted by molar-refractivity contribution is 5.90. The number of rotatable bonds is 4. The summed E-state index contributed by atoms with van der Waals surface area (Å²) in [5, 5.41) is 3.26. The zero-order valence-corrected chi connectivity index (χ0v) is 13.6. The summed E-state index contributed by atoms with van der Waals surface area (Å²) in [6, 6.07) is 4.02. The van der Waals surface area contributed by atoms with E-state index in [9.17, 15) is 13.2 Å². The summed E-state index contributed by atoms with van der Waals surface area (Å²) in [4.78, 5) is 4.39. The summed E-state index contributed by atoms with van der Waals surface area (Å²) < 4.78 is 42.5. The molecule has 4 nitrogen and oxygen atoms in total. The van der Waals surface area contributed by atoms with Gasteiger partial charge < -0.3 is 15.8 Å². The number of benzene rings is 1. The molecule has 0 saturated carbocycles. The van der Waals surface area contributed by atoms with Gasteiger partial charge in [0.05, 0.1) is 0 Å². The summed E-state index contributed by atoms with van der Waals surface area (Å²) in [6.45, 7) is 2.20. The van der Waals surface area contributed by atoms with E-state index >= 15 is 0 Å². The lowest BCUT2D eigenvalue weighted by Gasteiger charge is -2.29. The predicted molar refractivity (Wildman–Crippen MR) is 86.8 cm³/mol. The van der Waals surface area contributed by atoms with Gasteiger partial charge in [-0.2, -0.15) is 13.2 Å². The molecule has 1 aromatic rings. The van der Waals surface area contributed by atoms with Crippen molar-refractivity contribution in [3.05, 3.63) is 23.3 Å². The molecule has 2 atom stereocenters. The smallest absolute Gasteiger partial charge is 0.389 e. The Morgan fingerprint density at radius 3 is 2.92 bits per heavy atom. The Hall–Kier alpha value is -1.76. The zero-order valence-electron chi connectivity index (χ0n) is 13.6. The average Bonchev–Trinajstić information content (AvgIpc) is 2.50. The second-order valence-corrected chi connectivity index (χ2v) is 6.43. The van der Waals surface area contributed by atoms with Crippen LogP contribution in [0.5, 0.6) is 5.75 Å². The van der Waals surface area contributed by atoms with Crippen molar-refractivity contribution >= 4 is 11.5 Å². The van der Waals surface area contributed by atoms with Crippen molar-refractivity contribution in [3.8, 4) is 5.75 Å². The highest BCUT2D eigenvalue weighted by atomic mass is 19.4. The number of nitrogens with two attached hydrogens (primary N) is 1. The number of hydrogen-bond acceptors (Lipinski definition) is 4. The van der Waals surface area contributed by atoms with E-state index in [2.05, 4.69) is 10.3 Å².